The molecule has 3 amide bonds. The van der Waals surface area contributed by atoms with E-state index >= 15 is 0 Å². The van der Waals surface area contributed by atoms with E-state index in [-0.39, 0.29) is 24.7 Å². The molecule has 0 bridgehead atoms. The second kappa shape index (κ2) is 12.8. The number of fused-ring (bicyclic) bond motifs is 1. The standard InChI is InChI=1S/C28H37N7O5/c1-16(2)10-20(29)27(38)35-9-5-8-24(35)26(37)33-22(11-17-13-31-21-7-4-3-6-19(17)21)25(36)34-23(28(39)40)12-18-14-30-15-32-18/h3-4,6-7,13-16,20,22-24,31H,5,8-12,29H2,1-2H3,(H,30,32)(H,33,37)(H,34,36)(H,39,40). The SMILES string of the molecule is CC(C)CC(N)C(=O)N1CCCC1C(=O)NC(Cc1c[nH]c2ccccc12)C(=O)NC(Cc1cnc[nH]1)C(=O)O. The van der Waals surface area contributed by atoms with Crippen LogP contribution in [-0.2, 0) is 32.0 Å². The van der Waals surface area contributed by atoms with E-state index < -0.39 is 42.0 Å². The average molecular weight is 552 g/mol. The first kappa shape index (κ1) is 28.8. The van der Waals surface area contributed by atoms with Crippen molar-refractivity contribution in [3.63, 3.8) is 0 Å². The molecule has 0 saturated carbocycles. The van der Waals surface area contributed by atoms with Crippen LogP contribution >= 0.6 is 0 Å². The number of rotatable bonds is 12. The predicted octanol–water partition coefficient (Wildman–Crippen LogP) is 1.09. The fraction of sp³-hybridized carbons (Fsp3) is 0.464. The molecule has 12 nitrogen and oxygen atoms in total. The van der Waals surface area contributed by atoms with Crippen molar-refractivity contribution in [2.45, 2.75) is 70.1 Å². The number of aliphatic carboxylic acids is 1. The van der Waals surface area contributed by atoms with Crippen LogP contribution in [0.3, 0.4) is 0 Å². The molecule has 40 heavy (non-hydrogen) atoms. The summed E-state index contributed by atoms with van der Waals surface area (Å²) in [6, 6.07) is 3.77. The molecule has 1 aromatic carbocycles. The number of nitrogens with two attached hydrogens (primary N) is 1. The van der Waals surface area contributed by atoms with Gasteiger partial charge in [0, 0.05) is 48.4 Å². The zero-order valence-electron chi connectivity index (χ0n) is 22.7. The second-order valence-corrected chi connectivity index (χ2v) is 10.7. The fourth-order valence-electron chi connectivity index (χ4n) is 5.21. The van der Waals surface area contributed by atoms with Crippen LogP contribution in [0.1, 0.15) is 44.4 Å². The largest absolute Gasteiger partial charge is 0.480 e. The molecule has 1 fully saturated rings. The van der Waals surface area contributed by atoms with E-state index in [1.807, 2.05) is 38.1 Å². The molecule has 0 radical (unpaired) electrons. The number of nitrogens with zero attached hydrogens (tertiary/aromatic N) is 2. The number of carbonyl (C=O) groups excluding carboxylic acids is 3. The summed E-state index contributed by atoms with van der Waals surface area (Å²) in [6.07, 6.45) is 6.39. The number of hydrogen-bond donors (Lipinski definition) is 6. The lowest BCUT2D eigenvalue weighted by Crippen LogP contribution is -2.57. The minimum atomic E-state index is -1.24. The zero-order chi connectivity index (χ0) is 28.8. The van der Waals surface area contributed by atoms with Crippen LogP contribution in [-0.4, -0.2) is 79.4 Å². The number of benzene rings is 1. The van der Waals surface area contributed by atoms with Crippen molar-refractivity contribution < 1.29 is 24.3 Å². The van der Waals surface area contributed by atoms with E-state index in [0.29, 0.717) is 31.5 Å². The Bertz CT molecular complexity index is 1340. The number of carbonyl (C=O) groups is 4. The summed E-state index contributed by atoms with van der Waals surface area (Å²) >= 11 is 0. The van der Waals surface area contributed by atoms with E-state index in [0.717, 1.165) is 16.5 Å². The number of aromatic nitrogens is 3. The summed E-state index contributed by atoms with van der Waals surface area (Å²) in [5.74, 6) is -2.38. The third kappa shape index (κ3) is 6.87. The first-order valence-electron chi connectivity index (χ1n) is 13.6. The number of aromatic amines is 2. The van der Waals surface area contributed by atoms with Gasteiger partial charge in [0.2, 0.25) is 17.7 Å². The molecule has 1 aliphatic rings. The molecule has 1 aliphatic heterocycles. The second-order valence-electron chi connectivity index (χ2n) is 10.7. The molecular weight excluding hydrogens is 514 g/mol. The molecule has 4 atom stereocenters. The highest BCUT2D eigenvalue weighted by atomic mass is 16.4. The van der Waals surface area contributed by atoms with Crippen LogP contribution in [0, 0.1) is 5.92 Å². The van der Waals surface area contributed by atoms with Crippen LogP contribution in [0.4, 0.5) is 0 Å². The fourth-order valence-corrected chi connectivity index (χ4v) is 5.21. The minimum Gasteiger partial charge on any atom is -0.480 e. The maximum Gasteiger partial charge on any atom is 0.326 e. The Morgan fingerprint density at radius 3 is 2.60 bits per heavy atom. The van der Waals surface area contributed by atoms with Gasteiger partial charge in [-0.15, -0.1) is 0 Å². The molecule has 3 aromatic rings. The first-order chi connectivity index (χ1) is 19.1. The van der Waals surface area contributed by atoms with Crippen molar-refractivity contribution in [3.8, 4) is 0 Å². The van der Waals surface area contributed by atoms with E-state index in [1.165, 1.54) is 17.4 Å². The number of likely N-dealkylation sites (tertiary alicyclic amines) is 1. The molecule has 0 aliphatic carbocycles. The summed E-state index contributed by atoms with van der Waals surface area (Å²) in [4.78, 5) is 63.5. The zero-order valence-corrected chi connectivity index (χ0v) is 22.7. The van der Waals surface area contributed by atoms with Crippen molar-refractivity contribution in [1.82, 2.24) is 30.5 Å². The van der Waals surface area contributed by atoms with Crippen LogP contribution < -0.4 is 16.4 Å². The van der Waals surface area contributed by atoms with Gasteiger partial charge >= 0.3 is 5.97 Å². The van der Waals surface area contributed by atoms with Crippen molar-refractivity contribution in [3.05, 3.63) is 54.2 Å². The summed E-state index contributed by atoms with van der Waals surface area (Å²) in [5.41, 5.74) is 8.34. The Morgan fingerprint density at radius 1 is 1.12 bits per heavy atom. The normalized spacial score (nSPS) is 17.5. The van der Waals surface area contributed by atoms with Gasteiger partial charge in [-0.25, -0.2) is 9.78 Å². The lowest BCUT2D eigenvalue weighted by molar-refractivity contribution is -0.143. The number of imidazole rings is 1. The molecule has 3 heterocycles. The Kier molecular flexibility index (Phi) is 9.20. The molecule has 2 aromatic heterocycles. The van der Waals surface area contributed by atoms with Gasteiger partial charge in [-0.2, -0.15) is 0 Å². The van der Waals surface area contributed by atoms with E-state index in [2.05, 4.69) is 25.6 Å². The Hall–Kier alpha value is -4.19. The number of H-pyrrole nitrogens is 2. The van der Waals surface area contributed by atoms with Crippen LogP contribution in [0.15, 0.2) is 43.0 Å². The van der Waals surface area contributed by atoms with Gasteiger partial charge in [-0.1, -0.05) is 32.0 Å². The number of carboxylic acids is 1. The topological polar surface area (TPSA) is 186 Å². The van der Waals surface area contributed by atoms with Crippen molar-refractivity contribution >= 4 is 34.6 Å². The number of amides is 3. The van der Waals surface area contributed by atoms with Gasteiger partial charge in [0.15, 0.2) is 0 Å². The minimum absolute atomic E-state index is 0.00648. The summed E-state index contributed by atoms with van der Waals surface area (Å²) < 4.78 is 0. The molecule has 1 saturated heterocycles. The van der Waals surface area contributed by atoms with E-state index in [4.69, 9.17) is 5.73 Å². The monoisotopic (exact) mass is 551 g/mol. The summed E-state index contributed by atoms with van der Waals surface area (Å²) in [7, 11) is 0. The highest BCUT2D eigenvalue weighted by molar-refractivity contribution is 5.95. The molecule has 4 unspecified atom stereocenters. The maximum absolute atomic E-state index is 13.5. The number of nitrogens with one attached hydrogen (secondary N) is 4. The molecular formula is C28H37N7O5. The number of carboxylic acid groups (broad SMARTS) is 1. The number of para-hydroxylation sites is 1. The Morgan fingerprint density at radius 2 is 1.90 bits per heavy atom. The highest BCUT2D eigenvalue weighted by Crippen LogP contribution is 2.22. The Labute approximate surface area is 232 Å². The molecule has 0 spiro atoms. The van der Waals surface area contributed by atoms with Crippen LogP contribution in [0.2, 0.25) is 0 Å². The predicted molar refractivity (Wildman–Crippen MR) is 148 cm³/mol. The average Bonchev–Trinajstić information content (AvgIpc) is 3.68. The number of hydrogen-bond acceptors (Lipinski definition) is 6. The van der Waals surface area contributed by atoms with Crippen LogP contribution in [0.25, 0.3) is 10.9 Å². The third-order valence-corrected chi connectivity index (χ3v) is 7.21. The maximum atomic E-state index is 13.5. The van der Waals surface area contributed by atoms with Gasteiger partial charge in [-0.3, -0.25) is 14.4 Å². The smallest absolute Gasteiger partial charge is 0.326 e. The first-order valence-corrected chi connectivity index (χ1v) is 13.6. The van der Waals surface area contributed by atoms with E-state index in [9.17, 15) is 24.3 Å². The van der Waals surface area contributed by atoms with Crippen molar-refractivity contribution in [2.24, 2.45) is 11.7 Å². The molecule has 12 heteroatoms. The molecule has 7 N–H and O–H groups in total. The molecule has 4 rings (SSSR count). The summed E-state index contributed by atoms with van der Waals surface area (Å²) in [6.45, 7) is 4.37. The van der Waals surface area contributed by atoms with Gasteiger partial charge in [0.25, 0.3) is 0 Å². The van der Waals surface area contributed by atoms with Gasteiger partial charge in [0.1, 0.15) is 18.1 Å². The third-order valence-electron chi connectivity index (χ3n) is 7.21. The van der Waals surface area contributed by atoms with Crippen LogP contribution in [0.5, 0.6) is 0 Å². The van der Waals surface area contributed by atoms with Crippen molar-refractivity contribution in [1.29, 1.82) is 0 Å². The van der Waals surface area contributed by atoms with E-state index in [1.54, 1.807) is 6.20 Å². The Balaban J connectivity index is 1.54. The van der Waals surface area contributed by atoms with Gasteiger partial charge in [0.05, 0.1) is 12.4 Å². The lowest BCUT2D eigenvalue weighted by Gasteiger charge is -2.29. The van der Waals surface area contributed by atoms with Gasteiger partial charge in [-0.05, 0) is 36.8 Å². The lowest BCUT2D eigenvalue weighted by atomic mass is 10.0. The quantitative estimate of drug-likeness (QED) is 0.194. The summed E-state index contributed by atoms with van der Waals surface area (Å²) in [5, 5.41) is 16.0. The molecule has 214 valence electrons. The van der Waals surface area contributed by atoms with Gasteiger partial charge < -0.3 is 36.3 Å². The highest BCUT2D eigenvalue weighted by Gasteiger charge is 2.38. The van der Waals surface area contributed by atoms with Crippen molar-refractivity contribution in [2.75, 3.05) is 6.54 Å².